The predicted octanol–water partition coefficient (Wildman–Crippen LogP) is 1.31. The molecule has 0 spiro atoms. The Kier molecular flexibility index (Phi) is 4.53. The minimum absolute atomic E-state index is 0.00660. The first-order valence-corrected chi connectivity index (χ1v) is 10.8. The summed E-state index contributed by atoms with van der Waals surface area (Å²) < 4.78 is 23.3. The molecule has 3 unspecified atom stereocenters. The summed E-state index contributed by atoms with van der Waals surface area (Å²) in [5, 5.41) is 0.0583. The van der Waals surface area contributed by atoms with E-state index in [9.17, 15) is 9.59 Å². The summed E-state index contributed by atoms with van der Waals surface area (Å²) >= 11 is 0. The van der Waals surface area contributed by atoms with E-state index >= 15 is 4.39 Å². The first kappa shape index (κ1) is 19.4. The Morgan fingerprint density at radius 1 is 1.20 bits per heavy atom. The lowest BCUT2D eigenvalue weighted by Gasteiger charge is -2.32. The van der Waals surface area contributed by atoms with Crippen LogP contribution in [0.2, 0.25) is 0 Å². The molecule has 1 aromatic carbocycles. The fourth-order valence-electron chi connectivity index (χ4n) is 5.72. The summed E-state index contributed by atoms with van der Waals surface area (Å²) in [4.78, 5) is 27.5. The van der Waals surface area contributed by atoms with E-state index in [1.165, 1.54) is 30.6 Å². The Bertz CT molecular complexity index is 1120. The number of hydrogen-bond acceptors (Lipinski definition) is 6. The van der Waals surface area contributed by atoms with Gasteiger partial charge in [0.2, 0.25) is 0 Å². The summed E-state index contributed by atoms with van der Waals surface area (Å²) in [6, 6.07) is 1.15. The fourth-order valence-corrected chi connectivity index (χ4v) is 5.72. The van der Waals surface area contributed by atoms with E-state index in [0.717, 1.165) is 25.7 Å². The second-order valence-electron chi connectivity index (χ2n) is 8.86. The van der Waals surface area contributed by atoms with E-state index in [1.54, 1.807) is 0 Å². The highest BCUT2D eigenvalue weighted by Crippen LogP contribution is 2.48. The van der Waals surface area contributed by atoms with E-state index in [2.05, 4.69) is 0 Å². The number of aromatic nitrogens is 2. The van der Waals surface area contributed by atoms with Crippen molar-refractivity contribution in [3.05, 3.63) is 32.7 Å². The fraction of sp³-hybridized carbons (Fsp3) is 0.619. The molecule has 8 nitrogen and oxygen atoms in total. The van der Waals surface area contributed by atoms with E-state index in [-0.39, 0.29) is 23.2 Å². The van der Waals surface area contributed by atoms with Gasteiger partial charge in [0.05, 0.1) is 12.5 Å². The number of fused-ring (bicyclic) bond motifs is 2. The van der Waals surface area contributed by atoms with Gasteiger partial charge in [-0.05, 0) is 43.6 Å². The average molecular weight is 417 g/mol. The van der Waals surface area contributed by atoms with Gasteiger partial charge in [0, 0.05) is 25.2 Å². The molecular formula is C21H28FN5O3. The van der Waals surface area contributed by atoms with Gasteiger partial charge in [-0.3, -0.25) is 9.36 Å². The number of nitrogen functional groups attached to an aromatic ring is 1. The second-order valence-corrected chi connectivity index (χ2v) is 8.86. The Morgan fingerprint density at radius 3 is 2.60 bits per heavy atom. The zero-order valence-corrected chi connectivity index (χ0v) is 17.1. The summed E-state index contributed by atoms with van der Waals surface area (Å²) in [5.74, 6) is 6.29. The molecule has 1 saturated heterocycles. The standard InChI is InChI=1S/C21H28FN5O3/c1-30-19-17-14(20(28)27(24)21(29)26(17)12-6-7-12)8-15(22)18(19)25-10-11-4-2-3-5-13(11)16(25)9-23/h8,11-13,16H,2-7,9-10,23-24H2,1H3. The number of rotatable bonds is 4. The maximum Gasteiger partial charge on any atom is 0.350 e. The highest BCUT2D eigenvalue weighted by molar-refractivity contribution is 5.91. The number of anilines is 1. The molecule has 2 saturated carbocycles. The molecular weight excluding hydrogens is 389 g/mol. The molecule has 3 aliphatic rings. The van der Waals surface area contributed by atoms with Gasteiger partial charge in [0.15, 0.2) is 11.6 Å². The molecule has 9 heteroatoms. The van der Waals surface area contributed by atoms with Crippen molar-refractivity contribution in [1.29, 1.82) is 0 Å². The highest BCUT2D eigenvalue weighted by Gasteiger charge is 2.44. The number of halogens is 1. The summed E-state index contributed by atoms with van der Waals surface area (Å²) in [6.45, 7) is 1.12. The average Bonchev–Trinajstić information content (AvgIpc) is 3.51. The molecule has 3 fully saturated rings. The third-order valence-electron chi connectivity index (χ3n) is 7.22. The number of ether oxygens (including phenoxy) is 1. The molecule has 162 valence electrons. The van der Waals surface area contributed by atoms with Crippen molar-refractivity contribution in [2.45, 2.75) is 50.6 Å². The molecule has 4 N–H and O–H groups in total. The van der Waals surface area contributed by atoms with Crippen molar-refractivity contribution in [3.63, 3.8) is 0 Å². The monoisotopic (exact) mass is 417 g/mol. The first-order valence-electron chi connectivity index (χ1n) is 10.8. The van der Waals surface area contributed by atoms with Gasteiger partial charge < -0.3 is 21.2 Å². The van der Waals surface area contributed by atoms with Gasteiger partial charge in [-0.1, -0.05) is 12.8 Å². The number of nitrogens with zero attached hydrogens (tertiary/aromatic N) is 3. The van der Waals surface area contributed by atoms with Crippen molar-refractivity contribution in [2.24, 2.45) is 17.6 Å². The van der Waals surface area contributed by atoms with Gasteiger partial charge in [-0.15, -0.1) is 0 Å². The lowest BCUT2D eigenvalue weighted by atomic mass is 9.78. The van der Waals surface area contributed by atoms with Crippen LogP contribution >= 0.6 is 0 Å². The Balaban J connectivity index is 1.78. The Labute approximate surface area is 173 Å². The third kappa shape index (κ3) is 2.67. The number of benzene rings is 1. The number of hydrogen-bond donors (Lipinski definition) is 2. The zero-order chi connectivity index (χ0) is 21.2. The molecule has 3 atom stereocenters. The molecule has 0 radical (unpaired) electrons. The summed E-state index contributed by atoms with van der Waals surface area (Å²) in [7, 11) is 1.45. The molecule has 2 aromatic rings. The normalized spacial score (nSPS) is 26.2. The quantitative estimate of drug-likeness (QED) is 0.727. The molecule has 30 heavy (non-hydrogen) atoms. The molecule has 2 aliphatic carbocycles. The van der Waals surface area contributed by atoms with Crippen molar-refractivity contribution in [2.75, 3.05) is 30.9 Å². The van der Waals surface area contributed by atoms with Crippen LogP contribution in [0.5, 0.6) is 5.75 Å². The third-order valence-corrected chi connectivity index (χ3v) is 7.22. The largest absolute Gasteiger partial charge is 0.492 e. The maximum atomic E-state index is 15.5. The molecule has 0 amide bonds. The van der Waals surface area contributed by atoms with Crippen LogP contribution in [0.4, 0.5) is 10.1 Å². The van der Waals surface area contributed by atoms with Crippen LogP contribution in [0.3, 0.4) is 0 Å². The van der Waals surface area contributed by atoms with E-state index in [1.807, 2.05) is 4.90 Å². The predicted molar refractivity (Wildman–Crippen MR) is 113 cm³/mol. The number of methoxy groups -OCH3 is 1. The maximum absolute atomic E-state index is 15.5. The summed E-state index contributed by atoms with van der Waals surface area (Å²) in [5.41, 5.74) is 5.46. The molecule has 0 bridgehead atoms. The van der Waals surface area contributed by atoms with Crippen LogP contribution in [0.15, 0.2) is 15.7 Å². The van der Waals surface area contributed by atoms with E-state index in [4.69, 9.17) is 16.3 Å². The second kappa shape index (κ2) is 7.01. The first-order chi connectivity index (χ1) is 14.5. The zero-order valence-electron chi connectivity index (χ0n) is 17.1. The Hall–Kier alpha value is -2.55. The lowest BCUT2D eigenvalue weighted by molar-refractivity contribution is 0.268. The van der Waals surface area contributed by atoms with Crippen LogP contribution in [0, 0.1) is 17.7 Å². The van der Waals surface area contributed by atoms with Crippen LogP contribution < -0.4 is 32.5 Å². The van der Waals surface area contributed by atoms with E-state index in [0.29, 0.717) is 40.8 Å². The van der Waals surface area contributed by atoms with E-state index < -0.39 is 17.1 Å². The van der Waals surface area contributed by atoms with Gasteiger partial charge in [0.25, 0.3) is 5.56 Å². The Morgan fingerprint density at radius 2 is 1.93 bits per heavy atom. The molecule has 1 aromatic heterocycles. The molecule has 5 rings (SSSR count). The van der Waals surface area contributed by atoms with Crippen molar-refractivity contribution < 1.29 is 9.13 Å². The van der Waals surface area contributed by atoms with Crippen LogP contribution in [-0.4, -0.2) is 35.5 Å². The smallest absolute Gasteiger partial charge is 0.350 e. The minimum atomic E-state index is -0.721. The number of nitrogens with two attached hydrogens (primary N) is 2. The SMILES string of the molecule is COc1c(N2CC3CCCCC3C2CN)c(F)cc2c(=O)n(N)c(=O)n(C3CC3)c12. The minimum Gasteiger partial charge on any atom is -0.492 e. The molecule has 1 aliphatic heterocycles. The van der Waals surface area contributed by atoms with Gasteiger partial charge in [-0.25, -0.2) is 9.18 Å². The van der Waals surface area contributed by atoms with Gasteiger partial charge >= 0.3 is 5.69 Å². The van der Waals surface area contributed by atoms with Crippen molar-refractivity contribution in [1.82, 2.24) is 9.24 Å². The van der Waals surface area contributed by atoms with Gasteiger partial charge in [0.1, 0.15) is 11.2 Å². The van der Waals surface area contributed by atoms with Crippen LogP contribution in [-0.2, 0) is 0 Å². The van der Waals surface area contributed by atoms with Crippen molar-refractivity contribution in [3.8, 4) is 5.75 Å². The van der Waals surface area contributed by atoms with Gasteiger partial charge in [-0.2, -0.15) is 4.68 Å². The van der Waals surface area contributed by atoms with Crippen LogP contribution in [0.25, 0.3) is 10.9 Å². The topological polar surface area (TPSA) is 109 Å². The highest BCUT2D eigenvalue weighted by atomic mass is 19.1. The molecule has 2 heterocycles. The summed E-state index contributed by atoms with van der Waals surface area (Å²) in [6.07, 6.45) is 6.16. The van der Waals surface area contributed by atoms with Crippen molar-refractivity contribution >= 4 is 16.6 Å². The lowest BCUT2D eigenvalue weighted by Crippen LogP contribution is -2.45. The van der Waals surface area contributed by atoms with Crippen LogP contribution in [0.1, 0.15) is 44.6 Å².